The summed E-state index contributed by atoms with van der Waals surface area (Å²) in [6, 6.07) is 5.92. The van der Waals surface area contributed by atoms with Gasteiger partial charge in [0.15, 0.2) is 0 Å². The van der Waals surface area contributed by atoms with Gasteiger partial charge in [-0.1, -0.05) is 24.6 Å². The van der Waals surface area contributed by atoms with Gasteiger partial charge in [-0.15, -0.1) is 0 Å². The highest BCUT2D eigenvalue weighted by Gasteiger charge is 2.23. The van der Waals surface area contributed by atoms with Crippen molar-refractivity contribution in [1.29, 1.82) is 0 Å². The van der Waals surface area contributed by atoms with Crippen molar-refractivity contribution in [3.63, 3.8) is 0 Å². The van der Waals surface area contributed by atoms with Crippen LogP contribution in [0.25, 0.3) is 6.08 Å². The summed E-state index contributed by atoms with van der Waals surface area (Å²) in [4.78, 5) is 13.0. The van der Waals surface area contributed by atoms with Crippen LogP contribution in [-0.2, 0) is 9.53 Å². The predicted molar refractivity (Wildman–Crippen MR) is 80.4 cm³/mol. The molecule has 108 valence electrons. The highest BCUT2D eigenvalue weighted by Crippen LogP contribution is 2.31. The lowest BCUT2D eigenvalue weighted by Crippen LogP contribution is -2.45. The Labute approximate surface area is 123 Å². The predicted octanol–water partition coefficient (Wildman–Crippen LogP) is 3.05. The molecule has 0 bridgehead atoms. The van der Waals surface area contributed by atoms with Gasteiger partial charge in [-0.2, -0.15) is 0 Å². The van der Waals surface area contributed by atoms with E-state index in [1.54, 1.807) is 12.1 Å². The lowest BCUT2D eigenvalue weighted by Gasteiger charge is -2.38. The minimum absolute atomic E-state index is 0.291. The quantitative estimate of drug-likeness (QED) is 0.868. The van der Waals surface area contributed by atoms with Gasteiger partial charge in [0.2, 0.25) is 0 Å². The Morgan fingerprint density at radius 1 is 1.60 bits per heavy atom. The van der Waals surface area contributed by atoms with E-state index >= 15 is 0 Å². The number of carboxylic acid groups (broad SMARTS) is 1. The lowest BCUT2D eigenvalue weighted by atomic mass is 10.1. The first-order valence-electron chi connectivity index (χ1n) is 6.67. The van der Waals surface area contributed by atoms with Crippen LogP contribution in [0.3, 0.4) is 0 Å². The number of nitrogens with zero attached hydrogens (tertiary/aromatic N) is 1. The van der Waals surface area contributed by atoms with Gasteiger partial charge >= 0.3 is 5.97 Å². The molecule has 20 heavy (non-hydrogen) atoms. The second-order valence-corrected chi connectivity index (χ2v) is 5.08. The fourth-order valence-electron chi connectivity index (χ4n) is 2.41. The van der Waals surface area contributed by atoms with E-state index in [1.165, 1.54) is 0 Å². The largest absolute Gasteiger partial charge is 0.478 e. The molecule has 0 aliphatic carbocycles. The number of anilines is 1. The summed E-state index contributed by atoms with van der Waals surface area (Å²) in [6.07, 6.45) is 3.64. The van der Waals surface area contributed by atoms with E-state index in [2.05, 4.69) is 11.8 Å². The van der Waals surface area contributed by atoms with Gasteiger partial charge < -0.3 is 14.7 Å². The number of hydrogen-bond donors (Lipinski definition) is 1. The van der Waals surface area contributed by atoms with Crippen molar-refractivity contribution in [2.75, 3.05) is 24.7 Å². The smallest absolute Gasteiger partial charge is 0.328 e. The number of carbonyl (C=O) groups is 1. The summed E-state index contributed by atoms with van der Waals surface area (Å²) in [5, 5.41) is 9.36. The average Bonchev–Trinajstić information content (AvgIpc) is 2.45. The van der Waals surface area contributed by atoms with Crippen molar-refractivity contribution in [2.45, 2.75) is 19.4 Å². The van der Waals surface area contributed by atoms with Crippen molar-refractivity contribution < 1.29 is 14.6 Å². The summed E-state index contributed by atoms with van der Waals surface area (Å²) in [5.41, 5.74) is 1.71. The molecule has 1 heterocycles. The van der Waals surface area contributed by atoms with Crippen LogP contribution in [0.2, 0.25) is 5.02 Å². The third-order valence-electron chi connectivity index (χ3n) is 3.43. The molecule has 1 aromatic carbocycles. The molecule has 2 rings (SSSR count). The van der Waals surface area contributed by atoms with E-state index in [9.17, 15) is 4.79 Å². The fourth-order valence-corrected chi connectivity index (χ4v) is 2.64. The van der Waals surface area contributed by atoms with Gasteiger partial charge in [0.25, 0.3) is 0 Å². The molecule has 1 aliphatic heterocycles. The molecule has 4 nitrogen and oxygen atoms in total. The number of carboxylic acids is 1. The molecular weight excluding hydrogens is 278 g/mol. The molecule has 0 spiro atoms. The van der Waals surface area contributed by atoms with Gasteiger partial charge in [-0.3, -0.25) is 0 Å². The SMILES string of the molecule is CCC1COCCN1c1cccc(Cl)c1/C=C/C(=O)O. The van der Waals surface area contributed by atoms with Gasteiger partial charge in [0.1, 0.15) is 0 Å². The third-order valence-corrected chi connectivity index (χ3v) is 3.76. The van der Waals surface area contributed by atoms with Crippen LogP contribution in [0.5, 0.6) is 0 Å². The second kappa shape index (κ2) is 6.77. The Balaban J connectivity index is 2.39. The molecule has 1 saturated heterocycles. The molecule has 1 unspecified atom stereocenters. The van der Waals surface area contributed by atoms with E-state index in [-0.39, 0.29) is 0 Å². The number of halogens is 1. The first-order chi connectivity index (χ1) is 9.63. The van der Waals surface area contributed by atoms with E-state index in [1.807, 2.05) is 12.1 Å². The Morgan fingerprint density at radius 2 is 2.40 bits per heavy atom. The van der Waals surface area contributed by atoms with Gasteiger partial charge in [0, 0.05) is 28.9 Å². The van der Waals surface area contributed by atoms with Crippen molar-refractivity contribution >= 4 is 29.3 Å². The zero-order valence-electron chi connectivity index (χ0n) is 11.4. The van der Waals surface area contributed by atoms with E-state index in [0.29, 0.717) is 24.3 Å². The first kappa shape index (κ1) is 14.9. The van der Waals surface area contributed by atoms with Crippen molar-refractivity contribution in [3.05, 3.63) is 34.9 Å². The Morgan fingerprint density at radius 3 is 3.10 bits per heavy atom. The van der Waals surface area contributed by atoms with Gasteiger partial charge in [0.05, 0.1) is 19.3 Å². The molecule has 1 fully saturated rings. The summed E-state index contributed by atoms with van der Waals surface area (Å²) >= 11 is 6.22. The minimum Gasteiger partial charge on any atom is -0.478 e. The van der Waals surface area contributed by atoms with Crippen molar-refractivity contribution in [1.82, 2.24) is 0 Å². The van der Waals surface area contributed by atoms with Gasteiger partial charge in [-0.25, -0.2) is 4.79 Å². The monoisotopic (exact) mass is 295 g/mol. The highest BCUT2D eigenvalue weighted by molar-refractivity contribution is 6.32. The molecule has 1 N–H and O–H groups in total. The minimum atomic E-state index is -0.982. The molecule has 5 heteroatoms. The van der Waals surface area contributed by atoms with Gasteiger partial charge in [-0.05, 0) is 24.6 Å². The molecule has 0 amide bonds. The Hall–Kier alpha value is -1.52. The molecule has 0 radical (unpaired) electrons. The van der Waals surface area contributed by atoms with Crippen molar-refractivity contribution in [3.8, 4) is 0 Å². The summed E-state index contributed by atoms with van der Waals surface area (Å²) in [6.45, 7) is 4.26. The van der Waals surface area contributed by atoms with E-state index in [0.717, 1.165) is 30.3 Å². The van der Waals surface area contributed by atoms with E-state index in [4.69, 9.17) is 21.4 Å². The third kappa shape index (κ3) is 3.32. The molecule has 0 saturated carbocycles. The lowest BCUT2D eigenvalue weighted by molar-refractivity contribution is -0.131. The summed E-state index contributed by atoms with van der Waals surface area (Å²) in [7, 11) is 0. The summed E-state index contributed by atoms with van der Waals surface area (Å²) in [5.74, 6) is -0.982. The normalized spacial score (nSPS) is 19.5. The standard InChI is InChI=1S/C15H18ClNO3/c1-2-11-10-20-9-8-17(11)14-5-3-4-13(16)12(14)6-7-15(18)19/h3-7,11H,2,8-10H2,1H3,(H,18,19)/b7-6+. The first-order valence-corrected chi connectivity index (χ1v) is 7.05. The number of morpholine rings is 1. The van der Waals surface area contributed by atoms with Crippen LogP contribution < -0.4 is 4.90 Å². The van der Waals surface area contributed by atoms with Crippen molar-refractivity contribution in [2.24, 2.45) is 0 Å². The number of hydrogen-bond acceptors (Lipinski definition) is 3. The zero-order valence-corrected chi connectivity index (χ0v) is 12.1. The molecule has 1 aromatic rings. The topological polar surface area (TPSA) is 49.8 Å². The maximum Gasteiger partial charge on any atom is 0.328 e. The fraction of sp³-hybridized carbons (Fsp3) is 0.400. The number of ether oxygens (including phenoxy) is 1. The Kier molecular flexibility index (Phi) is 5.04. The van der Waals surface area contributed by atoms with Crippen LogP contribution in [0.4, 0.5) is 5.69 Å². The zero-order chi connectivity index (χ0) is 14.5. The molecule has 1 aliphatic rings. The van der Waals surface area contributed by atoms with Crippen LogP contribution in [0, 0.1) is 0 Å². The number of benzene rings is 1. The average molecular weight is 296 g/mol. The van der Waals surface area contributed by atoms with Crippen LogP contribution in [0.1, 0.15) is 18.9 Å². The second-order valence-electron chi connectivity index (χ2n) is 4.67. The number of rotatable bonds is 4. The van der Waals surface area contributed by atoms with Crippen LogP contribution in [0.15, 0.2) is 24.3 Å². The maximum absolute atomic E-state index is 10.7. The van der Waals surface area contributed by atoms with E-state index < -0.39 is 5.97 Å². The summed E-state index contributed by atoms with van der Waals surface area (Å²) < 4.78 is 5.51. The molecule has 0 aromatic heterocycles. The van der Waals surface area contributed by atoms with Crippen LogP contribution in [-0.4, -0.2) is 36.9 Å². The number of aliphatic carboxylic acids is 1. The molecular formula is C15H18ClNO3. The van der Waals surface area contributed by atoms with Crippen LogP contribution >= 0.6 is 11.6 Å². The maximum atomic E-state index is 10.7. The Bertz CT molecular complexity index is 516. The highest BCUT2D eigenvalue weighted by atomic mass is 35.5. The molecule has 1 atom stereocenters.